The van der Waals surface area contributed by atoms with Crippen LogP contribution in [-0.2, 0) is 70.9 Å². The molecular formula is C56H80O16Si. The van der Waals surface area contributed by atoms with Gasteiger partial charge in [-0.05, 0) is 85.9 Å². The molecule has 17 heteroatoms. The Morgan fingerprint density at radius 1 is 0.849 bits per heavy atom. The quantitative estimate of drug-likeness (QED) is 0.0716. The summed E-state index contributed by atoms with van der Waals surface area (Å²) in [6.07, 6.45) is -1.30. The van der Waals surface area contributed by atoms with E-state index in [9.17, 15) is 9.59 Å². The minimum Gasteiger partial charge on any atom is -0.497 e. The number of esters is 1. The number of benzene rings is 1. The number of hydrogen-bond donors (Lipinski definition) is 0. The van der Waals surface area contributed by atoms with Crippen molar-refractivity contribution < 1.29 is 75.6 Å². The van der Waals surface area contributed by atoms with Crippen molar-refractivity contribution in [2.24, 2.45) is 11.8 Å². The molecule has 11 aliphatic rings. The van der Waals surface area contributed by atoms with Crippen molar-refractivity contribution in [1.82, 2.24) is 0 Å². The summed E-state index contributed by atoms with van der Waals surface area (Å²) in [4.78, 5) is 26.6. The molecule has 0 amide bonds. The molecule has 16 nitrogen and oxygen atoms in total. The molecule has 11 aliphatic heterocycles. The molecule has 11 fully saturated rings. The first-order chi connectivity index (χ1) is 34.8. The third-order valence-corrected chi connectivity index (χ3v) is 23.1. The van der Waals surface area contributed by atoms with Gasteiger partial charge < -0.3 is 70.8 Å². The Balaban J connectivity index is 0.811. The fourth-order valence-corrected chi connectivity index (χ4v) is 14.8. The van der Waals surface area contributed by atoms with Crippen molar-refractivity contribution in [2.75, 3.05) is 13.7 Å². The van der Waals surface area contributed by atoms with E-state index in [1.807, 2.05) is 24.3 Å². The van der Waals surface area contributed by atoms with Crippen LogP contribution in [0.15, 0.2) is 48.6 Å². The summed E-state index contributed by atoms with van der Waals surface area (Å²) in [5, 5.41) is -0.0404. The number of carbonyl (C=O) groups is 2. The molecule has 11 heterocycles. The van der Waals surface area contributed by atoms with Crippen molar-refractivity contribution in [3.8, 4) is 5.75 Å². The maximum atomic E-state index is 14.5. The van der Waals surface area contributed by atoms with E-state index in [-0.39, 0.29) is 60.4 Å². The Labute approximate surface area is 432 Å². The molecule has 1 spiro atoms. The molecule has 11 saturated heterocycles. The van der Waals surface area contributed by atoms with Crippen LogP contribution in [0.2, 0.25) is 18.1 Å². The zero-order chi connectivity index (χ0) is 51.4. The normalized spacial score (nSPS) is 45.9. The molecule has 7 unspecified atom stereocenters. The van der Waals surface area contributed by atoms with Crippen molar-refractivity contribution in [3.63, 3.8) is 0 Å². The van der Waals surface area contributed by atoms with Gasteiger partial charge in [0.1, 0.15) is 48.7 Å². The highest BCUT2D eigenvalue weighted by Crippen LogP contribution is 2.64. The van der Waals surface area contributed by atoms with Crippen LogP contribution in [0.4, 0.5) is 0 Å². The lowest BCUT2D eigenvalue weighted by atomic mass is 9.80. The lowest BCUT2D eigenvalue weighted by Crippen LogP contribution is -2.63. The molecule has 73 heavy (non-hydrogen) atoms. The van der Waals surface area contributed by atoms with Gasteiger partial charge in [-0.15, -0.1) is 0 Å². The van der Waals surface area contributed by atoms with E-state index in [1.165, 1.54) is 0 Å². The van der Waals surface area contributed by atoms with Crippen molar-refractivity contribution >= 4 is 20.6 Å². The highest BCUT2D eigenvalue weighted by Gasteiger charge is 2.83. The van der Waals surface area contributed by atoms with Gasteiger partial charge in [0, 0.05) is 43.8 Å². The van der Waals surface area contributed by atoms with Crippen LogP contribution in [0.25, 0.3) is 0 Å². The number of aldehydes is 1. The fraction of sp³-hybridized carbons (Fsp3) is 0.786. The number of fused-ring (bicyclic) bond motifs is 2. The summed E-state index contributed by atoms with van der Waals surface area (Å²) >= 11 is 0. The monoisotopic (exact) mass is 1040 g/mol. The van der Waals surface area contributed by atoms with Crippen LogP contribution < -0.4 is 4.74 Å². The summed E-state index contributed by atoms with van der Waals surface area (Å²) in [6.45, 7) is 26.8. The molecule has 22 atom stereocenters. The van der Waals surface area contributed by atoms with Crippen LogP contribution in [0.5, 0.6) is 5.75 Å². The number of rotatable bonds is 15. The van der Waals surface area contributed by atoms with Crippen LogP contribution in [0.3, 0.4) is 0 Å². The van der Waals surface area contributed by atoms with E-state index in [2.05, 4.69) is 67.8 Å². The SMILES string of the molecule is C=C1C(C[C@@H]2O[C@H]3CC(O[Si](C)(C)C(C)(C)C)C(CC=O)O[C@H]3[C@H](C)[C@H]2OC(=O)CC2CC[C@@H]3OC4[C@@H]5OC67O[C@@H](c8ccc(OC)cc8)O[C@H]6[C@](CC[C@H]6CC(=C)[C@H](CC)O6)(O[C@H]5C3O2)O[C@@H]47)OCC[C@H]1C. The molecule has 0 aromatic heterocycles. The largest absolute Gasteiger partial charge is 0.497 e. The summed E-state index contributed by atoms with van der Waals surface area (Å²) in [5.41, 5.74) is 2.94. The molecule has 1 aromatic rings. The predicted octanol–water partition coefficient (Wildman–Crippen LogP) is 8.13. The number of carbonyl (C=O) groups excluding carboxylic acids is 2. The van der Waals surface area contributed by atoms with E-state index < -0.39 is 99.3 Å². The van der Waals surface area contributed by atoms with Gasteiger partial charge in [0.15, 0.2) is 20.7 Å². The van der Waals surface area contributed by atoms with E-state index in [0.29, 0.717) is 51.0 Å². The van der Waals surface area contributed by atoms with E-state index in [1.54, 1.807) is 7.11 Å². The van der Waals surface area contributed by atoms with Crippen molar-refractivity contribution in [3.05, 3.63) is 54.1 Å². The van der Waals surface area contributed by atoms with Crippen molar-refractivity contribution in [2.45, 2.75) is 252 Å². The highest BCUT2D eigenvalue weighted by atomic mass is 28.4. The van der Waals surface area contributed by atoms with E-state index in [4.69, 9.17) is 66.0 Å². The number of hydrogen-bond acceptors (Lipinski definition) is 16. The van der Waals surface area contributed by atoms with Gasteiger partial charge in [-0.1, -0.05) is 66.8 Å². The molecule has 0 saturated carbocycles. The average molecular weight is 1040 g/mol. The van der Waals surface area contributed by atoms with Gasteiger partial charge in [0.2, 0.25) is 11.6 Å². The Bertz CT molecular complexity index is 2220. The minimum absolute atomic E-state index is 0.00372. The van der Waals surface area contributed by atoms with Crippen LogP contribution in [0.1, 0.15) is 124 Å². The lowest BCUT2D eigenvalue weighted by Gasteiger charge is -2.52. The Morgan fingerprint density at radius 2 is 1.63 bits per heavy atom. The Morgan fingerprint density at radius 3 is 2.36 bits per heavy atom. The van der Waals surface area contributed by atoms with E-state index in [0.717, 1.165) is 48.0 Å². The van der Waals surface area contributed by atoms with Crippen LogP contribution in [-0.4, -0.2) is 150 Å². The molecule has 1 aromatic carbocycles. The molecule has 0 N–H and O–H groups in total. The predicted molar refractivity (Wildman–Crippen MR) is 266 cm³/mol. The molecule has 404 valence electrons. The zero-order valence-electron chi connectivity index (χ0n) is 44.4. The van der Waals surface area contributed by atoms with Gasteiger partial charge in [0.25, 0.3) is 0 Å². The second kappa shape index (κ2) is 20.0. The molecule has 0 radical (unpaired) electrons. The third kappa shape index (κ3) is 9.37. The smallest absolute Gasteiger partial charge is 0.308 e. The summed E-state index contributed by atoms with van der Waals surface area (Å²) in [5.74, 6) is -2.23. The first-order valence-corrected chi connectivity index (χ1v) is 30.3. The fourth-order valence-electron chi connectivity index (χ4n) is 13.4. The topological polar surface area (TPSA) is 163 Å². The molecule has 0 aliphatic carbocycles. The van der Waals surface area contributed by atoms with Gasteiger partial charge in [-0.3, -0.25) is 4.79 Å². The van der Waals surface area contributed by atoms with Crippen LogP contribution >= 0.6 is 0 Å². The van der Waals surface area contributed by atoms with Crippen molar-refractivity contribution in [1.29, 1.82) is 0 Å². The summed E-state index contributed by atoms with van der Waals surface area (Å²) in [6, 6.07) is 7.63. The number of ether oxygens (including phenoxy) is 13. The second-order valence-corrected chi connectivity index (χ2v) is 29.0. The Hall–Kier alpha value is -2.62. The molecule has 12 rings (SSSR count). The van der Waals surface area contributed by atoms with Gasteiger partial charge >= 0.3 is 5.97 Å². The maximum absolute atomic E-state index is 14.5. The summed E-state index contributed by atoms with van der Waals surface area (Å²) < 4.78 is 94.7. The maximum Gasteiger partial charge on any atom is 0.308 e. The van der Waals surface area contributed by atoms with Gasteiger partial charge in [-0.25, -0.2) is 0 Å². The minimum atomic E-state index is -2.24. The molecule has 6 bridgehead atoms. The lowest BCUT2D eigenvalue weighted by molar-refractivity contribution is -0.329. The standard InChI is InChI=1S/C56H80O16Si/c1-12-37-30(3)25-36(61-37)19-22-55-53-56(71-52(67-53)33-13-15-34(59-9)16-14-33)51(70-55)50-49(69-56)48(68-55)47-39(65-50)18-17-35(62-47)26-44(58)66-46-32(5)45-43(63-42(46)27-40-31(4)29(2)21-24-60-40)28-41(38(64-45)20-23-57)72-73(10,11)54(6,7)8/h13-16,23,29,32,35-43,45-53H,3-4,12,17-22,24-28H2,1-2,5-11H3/t29-,32+,35?,36+,37+,38?,39+,40?,41?,42+,43+,45+,46-,47?,48+,49-,50?,51+,52+,53+,55-,56?/m1/s1. The number of methoxy groups -OCH3 is 1. The Kier molecular flexibility index (Phi) is 14.4. The highest BCUT2D eigenvalue weighted by molar-refractivity contribution is 6.74. The van der Waals surface area contributed by atoms with Gasteiger partial charge in [0.05, 0.1) is 74.6 Å². The summed E-state index contributed by atoms with van der Waals surface area (Å²) in [7, 11) is -0.609. The third-order valence-electron chi connectivity index (χ3n) is 18.6. The van der Waals surface area contributed by atoms with Gasteiger partial charge in [-0.2, -0.15) is 0 Å². The zero-order valence-corrected chi connectivity index (χ0v) is 45.4. The van der Waals surface area contributed by atoms with Crippen LogP contribution in [0, 0.1) is 11.8 Å². The second-order valence-electron chi connectivity index (χ2n) is 24.3. The first kappa shape index (κ1) is 52.4. The first-order valence-electron chi connectivity index (χ1n) is 27.4. The average Bonchev–Trinajstić information content (AvgIpc) is 4.08. The van der Waals surface area contributed by atoms with E-state index >= 15 is 0 Å². The molecular weight excluding hydrogens is 957 g/mol.